The first-order valence-corrected chi connectivity index (χ1v) is 5.06. The molecule has 0 fully saturated rings. The topological polar surface area (TPSA) is 45.5 Å². The molecule has 0 aliphatic carbocycles. The van der Waals surface area contributed by atoms with Crippen molar-refractivity contribution in [3.05, 3.63) is 53.0 Å². The molecule has 0 saturated carbocycles. The van der Waals surface area contributed by atoms with E-state index in [2.05, 4.69) is 5.43 Å². The second kappa shape index (κ2) is 3.41. The quantitative estimate of drug-likeness (QED) is 0.733. The van der Waals surface area contributed by atoms with E-state index in [0.717, 1.165) is 5.39 Å². The van der Waals surface area contributed by atoms with Crippen LogP contribution in [0.2, 0.25) is 0 Å². The first kappa shape index (κ1) is 9.03. The summed E-state index contributed by atoms with van der Waals surface area (Å²) >= 11 is 0. The van der Waals surface area contributed by atoms with Gasteiger partial charge in [0.1, 0.15) is 11.3 Å². The highest BCUT2D eigenvalue weighted by molar-refractivity contribution is 5.79. The zero-order chi connectivity index (χ0) is 11.0. The number of fused-ring (bicyclic) bond motifs is 1. The van der Waals surface area contributed by atoms with Crippen LogP contribution in [0.15, 0.2) is 51.8 Å². The fourth-order valence-corrected chi connectivity index (χ4v) is 1.76. The highest BCUT2D eigenvalue weighted by Gasteiger charge is 2.13. The highest BCUT2D eigenvalue weighted by Crippen LogP contribution is 2.17. The lowest BCUT2D eigenvalue weighted by Crippen LogP contribution is -2.33. The van der Waals surface area contributed by atoms with E-state index < -0.39 is 0 Å². The van der Waals surface area contributed by atoms with E-state index in [-0.39, 0.29) is 5.63 Å². The van der Waals surface area contributed by atoms with Crippen molar-refractivity contribution in [1.29, 1.82) is 0 Å². The summed E-state index contributed by atoms with van der Waals surface area (Å²) in [6.07, 6.45) is 3.74. The Hall–Kier alpha value is -2.23. The van der Waals surface area contributed by atoms with E-state index in [1.807, 2.05) is 30.3 Å². The molecule has 0 saturated heterocycles. The van der Waals surface area contributed by atoms with Crippen molar-refractivity contribution in [2.24, 2.45) is 0 Å². The number of hydrazine groups is 1. The van der Waals surface area contributed by atoms with E-state index >= 15 is 0 Å². The van der Waals surface area contributed by atoms with Crippen molar-refractivity contribution < 1.29 is 4.42 Å². The van der Waals surface area contributed by atoms with Gasteiger partial charge in [0, 0.05) is 11.6 Å². The van der Waals surface area contributed by atoms with Crippen molar-refractivity contribution in [1.82, 2.24) is 5.43 Å². The first-order chi connectivity index (χ1) is 7.84. The SMILES string of the molecule is O=c1oc2ccccc2cc1N1CC=CN1. The third-order valence-corrected chi connectivity index (χ3v) is 2.55. The second-order valence-electron chi connectivity index (χ2n) is 3.60. The number of nitrogens with one attached hydrogen (secondary N) is 1. The van der Waals surface area contributed by atoms with Crippen LogP contribution in [0.1, 0.15) is 0 Å². The normalized spacial score (nSPS) is 14.4. The summed E-state index contributed by atoms with van der Waals surface area (Å²) in [7, 11) is 0. The van der Waals surface area contributed by atoms with Crippen molar-refractivity contribution >= 4 is 16.7 Å². The fraction of sp³-hybridized carbons (Fsp3) is 0.0833. The Morgan fingerprint density at radius 2 is 2.19 bits per heavy atom. The van der Waals surface area contributed by atoms with Gasteiger partial charge >= 0.3 is 5.63 Å². The Balaban J connectivity index is 2.18. The van der Waals surface area contributed by atoms with Crippen LogP contribution < -0.4 is 16.1 Å². The number of nitrogens with zero attached hydrogens (tertiary/aromatic N) is 1. The average Bonchev–Trinajstić information content (AvgIpc) is 2.81. The Bertz CT molecular complexity index is 608. The second-order valence-corrected chi connectivity index (χ2v) is 3.60. The van der Waals surface area contributed by atoms with Crippen LogP contribution in [0.3, 0.4) is 0 Å². The van der Waals surface area contributed by atoms with Gasteiger partial charge in [-0.15, -0.1) is 0 Å². The van der Waals surface area contributed by atoms with Gasteiger partial charge < -0.3 is 9.84 Å². The minimum absolute atomic E-state index is 0.324. The third-order valence-electron chi connectivity index (χ3n) is 2.55. The zero-order valence-corrected chi connectivity index (χ0v) is 8.51. The summed E-state index contributed by atoms with van der Waals surface area (Å²) < 4.78 is 5.24. The first-order valence-electron chi connectivity index (χ1n) is 5.06. The summed E-state index contributed by atoms with van der Waals surface area (Å²) in [5, 5.41) is 2.67. The van der Waals surface area contributed by atoms with Crippen molar-refractivity contribution in [3.63, 3.8) is 0 Å². The van der Waals surface area contributed by atoms with Crippen LogP contribution in [0, 0.1) is 0 Å². The van der Waals surface area contributed by atoms with Gasteiger partial charge in [-0.1, -0.05) is 18.2 Å². The molecule has 0 spiro atoms. The van der Waals surface area contributed by atoms with Gasteiger partial charge in [-0.3, -0.25) is 5.01 Å². The summed E-state index contributed by atoms with van der Waals surface area (Å²) in [6.45, 7) is 0.670. The Labute approximate surface area is 91.8 Å². The largest absolute Gasteiger partial charge is 0.421 e. The van der Waals surface area contributed by atoms with E-state index in [1.54, 1.807) is 17.3 Å². The van der Waals surface area contributed by atoms with Crippen LogP contribution in [0.25, 0.3) is 11.0 Å². The number of hydrogen-bond acceptors (Lipinski definition) is 4. The summed E-state index contributed by atoms with van der Waals surface area (Å²) in [5.41, 5.74) is 3.79. The number of anilines is 1. The maximum atomic E-state index is 11.7. The summed E-state index contributed by atoms with van der Waals surface area (Å²) in [6, 6.07) is 9.31. The maximum Gasteiger partial charge on any atom is 0.361 e. The monoisotopic (exact) mass is 214 g/mol. The predicted molar refractivity (Wildman–Crippen MR) is 62.1 cm³/mol. The number of hydrogen-bond donors (Lipinski definition) is 1. The summed E-state index contributed by atoms with van der Waals surface area (Å²) in [4.78, 5) is 11.7. The van der Waals surface area contributed by atoms with Gasteiger partial charge in [0.2, 0.25) is 0 Å². The van der Waals surface area contributed by atoms with Crippen molar-refractivity contribution in [2.75, 3.05) is 11.6 Å². The van der Waals surface area contributed by atoms with E-state index in [4.69, 9.17) is 4.42 Å². The zero-order valence-electron chi connectivity index (χ0n) is 8.51. The molecule has 1 aliphatic rings. The van der Waals surface area contributed by atoms with E-state index in [9.17, 15) is 4.79 Å². The molecule has 0 bridgehead atoms. The average molecular weight is 214 g/mol. The number of benzene rings is 1. The molecule has 3 rings (SSSR count). The Morgan fingerprint density at radius 1 is 1.31 bits per heavy atom. The van der Waals surface area contributed by atoms with Gasteiger partial charge in [0.05, 0.1) is 6.54 Å². The van der Waals surface area contributed by atoms with Crippen LogP contribution in [-0.4, -0.2) is 6.54 Å². The van der Waals surface area contributed by atoms with Gasteiger partial charge in [0.15, 0.2) is 0 Å². The van der Waals surface area contributed by atoms with Gasteiger partial charge in [-0.2, -0.15) is 0 Å². The molecule has 4 heteroatoms. The number of para-hydroxylation sites is 1. The van der Waals surface area contributed by atoms with Gasteiger partial charge in [0.25, 0.3) is 0 Å². The third kappa shape index (κ3) is 1.35. The van der Waals surface area contributed by atoms with Crippen LogP contribution in [-0.2, 0) is 0 Å². The molecule has 1 aromatic carbocycles. The van der Waals surface area contributed by atoms with Gasteiger partial charge in [-0.05, 0) is 18.2 Å². The molecular weight excluding hydrogens is 204 g/mol. The minimum atomic E-state index is -0.324. The lowest BCUT2D eigenvalue weighted by Gasteiger charge is -2.16. The standard InChI is InChI=1S/C12H10N2O2/c15-12-10(14-7-3-6-13-14)8-9-4-1-2-5-11(9)16-12/h1-6,8,13H,7H2. The van der Waals surface area contributed by atoms with Crippen LogP contribution in [0.4, 0.5) is 5.69 Å². The smallest absolute Gasteiger partial charge is 0.361 e. The predicted octanol–water partition coefficient (Wildman–Crippen LogP) is 1.63. The van der Waals surface area contributed by atoms with Crippen LogP contribution >= 0.6 is 0 Å². The molecule has 1 N–H and O–H groups in total. The molecule has 16 heavy (non-hydrogen) atoms. The van der Waals surface area contributed by atoms with Crippen molar-refractivity contribution in [2.45, 2.75) is 0 Å². The molecule has 1 aromatic heterocycles. The molecule has 4 nitrogen and oxygen atoms in total. The molecule has 80 valence electrons. The molecular formula is C12H10N2O2. The molecule has 0 radical (unpaired) electrons. The van der Waals surface area contributed by atoms with Crippen molar-refractivity contribution in [3.8, 4) is 0 Å². The molecule has 2 aromatic rings. The summed E-state index contributed by atoms with van der Waals surface area (Å²) in [5.74, 6) is 0. The Morgan fingerprint density at radius 3 is 3.00 bits per heavy atom. The molecule has 0 unspecified atom stereocenters. The molecule has 2 heterocycles. The van der Waals surface area contributed by atoms with E-state index in [1.165, 1.54) is 0 Å². The lowest BCUT2D eigenvalue weighted by atomic mass is 10.2. The maximum absolute atomic E-state index is 11.7. The molecule has 1 aliphatic heterocycles. The lowest BCUT2D eigenvalue weighted by molar-refractivity contribution is 0.556. The Kier molecular flexibility index (Phi) is 1.93. The fourth-order valence-electron chi connectivity index (χ4n) is 1.76. The molecule has 0 amide bonds. The number of rotatable bonds is 1. The highest BCUT2D eigenvalue weighted by atomic mass is 16.4. The molecule has 0 atom stereocenters. The van der Waals surface area contributed by atoms with Crippen LogP contribution in [0.5, 0.6) is 0 Å². The van der Waals surface area contributed by atoms with Gasteiger partial charge in [-0.25, -0.2) is 4.79 Å². The minimum Gasteiger partial charge on any atom is -0.421 e. The van der Waals surface area contributed by atoms with E-state index in [0.29, 0.717) is 17.8 Å².